The lowest BCUT2D eigenvalue weighted by molar-refractivity contribution is 0.335. The number of aliphatic hydroxyl groups excluding tert-OH is 1. The van der Waals surface area contributed by atoms with Crippen molar-refractivity contribution >= 4 is 0 Å². The van der Waals surface area contributed by atoms with Crippen molar-refractivity contribution in [3.8, 4) is 0 Å². The lowest BCUT2D eigenvalue weighted by Crippen LogP contribution is -2.03. The van der Waals surface area contributed by atoms with E-state index in [1.165, 1.54) is 44.2 Å². The van der Waals surface area contributed by atoms with E-state index in [0.29, 0.717) is 0 Å². The fourth-order valence-electron chi connectivity index (χ4n) is 1.92. The van der Waals surface area contributed by atoms with Crippen LogP contribution in [0.4, 0.5) is 0 Å². The van der Waals surface area contributed by atoms with E-state index in [1.807, 2.05) is 18.4 Å². The summed E-state index contributed by atoms with van der Waals surface area (Å²) in [6.07, 6.45) is 17.0. The molecule has 2 heteroatoms. The smallest absolute Gasteiger partial charge is 0.0682 e. The molecule has 0 saturated carbocycles. The van der Waals surface area contributed by atoms with Crippen LogP contribution in [0.1, 0.15) is 51.9 Å². The predicted octanol–water partition coefficient (Wildman–Crippen LogP) is 3.66. The second-order valence-corrected chi connectivity index (χ2v) is 4.59. The van der Waals surface area contributed by atoms with Crippen LogP contribution in [0.3, 0.4) is 0 Å². The van der Waals surface area contributed by atoms with Crippen molar-refractivity contribution in [2.45, 2.75) is 51.9 Å². The molecule has 1 aliphatic rings. The molecule has 0 saturated heterocycles. The van der Waals surface area contributed by atoms with E-state index in [9.17, 15) is 0 Å². The van der Waals surface area contributed by atoms with Crippen molar-refractivity contribution in [1.82, 2.24) is 5.32 Å². The molecule has 0 aromatic heterocycles. The van der Waals surface area contributed by atoms with Crippen LogP contribution in [-0.2, 0) is 0 Å². The Morgan fingerprint density at radius 1 is 1.06 bits per heavy atom. The molecular weight excluding hydrogens is 210 g/mol. The molecule has 0 atom stereocenters. The van der Waals surface area contributed by atoms with Gasteiger partial charge in [0.25, 0.3) is 0 Å². The maximum atomic E-state index is 9.02. The van der Waals surface area contributed by atoms with Crippen LogP contribution in [0.5, 0.6) is 0 Å². The summed E-state index contributed by atoms with van der Waals surface area (Å²) in [5.74, 6) is 0. The summed E-state index contributed by atoms with van der Waals surface area (Å²) in [5, 5.41) is 12.3. The van der Waals surface area contributed by atoms with Crippen LogP contribution in [0.25, 0.3) is 0 Å². The van der Waals surface area contributed by atoms with E-state index in [-0.39, 0.29) is 6.61 Å². The van der Waals surface area contributed by atoms with Crippen molar-refractivity contribution in [3.05, 3.63) is 35.7 Å². The zero-order valence-electron chi connectivity index (χ0n) is 10.9. The van der Waals surface area contributed by atoms with Crippen molar-refractivity contribution in [1.29, 1.82) is 0 Å². The van der Waals surface area contributed by atoms with Gasteiger partial charge in [-0.25, -0.2) is 0 Å². The largest absolute Gasteiger partial charge is 0.392 e. The molecule has 0 bridgehead atoms. The maximum absolute atomic E-state index is 9.02. The van der Waals surface area contributed by atoms with E-state index < -0.39 is 0 Å². The Labute approximate surface area is 105 Å². The van der Waals surface area contributed by atoms with Gasteiger partial charge in [0, 0.05) is 11.9 Å². The van der Waals surface area contributed by atoms with Crippen LogP contribution in [0, 0.1) is 0 Å². The van der Waals surface area contributed by atoms with Crippen molar-refractivity contribution in [3.63, 3.8) is 0 Å². The quantitative estimate of drug-likeness (QED) is 0.629. The zero-order chi connectivity index (χ0) is 12.3. The van der Waals surface area contributed by atoms with Gasteiger partial charge in [0.2, 0.25) is 0 Å². The summed E-state index contributed by atoms with van der Waals surface area (Å²) in [5.41, 5.74) is 2.20. The summed E-state index contributed by atoms with van der Waals surface area (Å²) in [6, 6.07) is 0. The number of unbranched alkanes of at least 4 members (excludes halogenated alkanes) is 5. The summed E-state index contributed by atoms with van der Waals surface area (Å²) in [4.78, 5) is 0. The van der Waals surface area contributed by atoms with Gasteiger partial charge in [-0.1, -0.05) is 45.1 Å². The maximum Gasteiger partial charge on any atom is 0.0682 e. The molecule has 0 fully saturated rings. The summed E-state index contributed by atoms with van der Waals surface area (Å²) in [6.45, 7) is 2.36. The minimum atomic E-state index is 0.110. The highest BCUT2D eigenvalue weighted by Crippen LogP contribution is 2.12. The molecule has 2 N–H and O–H groups in total. The Hall–Kier alpha value is -1.02. The second-order valence-electron chi connectivity index (χ2n) is 4.59. The van der Waals surface area contributed by atoms with Gasteiger partial charge < -0.3 is 10.4 Å². The Bertz CT molecular complexity index is 289. The summed E-state index contributed by atoms with van der Waals surface area (Å²) >= 11 is 0. The Balaban J connectivity index is 2.17. The minimum absolute atomic E-state index is 0.110. The van der Waals surface area contributed by atoms with Gasteiger partial charge in [0.05, 0.1) is 6.61 Å². The predicted molar refractivity (Wildman–Crippen MR) is 73.5 cm³/mol. The summed E-state index contributed by atoms with van der Waals surface area (Å²) < 4.78 is 0. The molecule has 0 aromatic carbocycles. The average Bonchev–Trinajstić information content (AvgIpc) is 2.59. The number of hydrogen-bond donors (Lipinski definition) is 2. The van der Waals surface area contributed by atoms with Crippen LogP contribution >= 0.6 is 0 Å². The highest BCUT2D eigenvalue weighted by atomic mass is 16.3. The molecule has 0 radical (unpaired) electrons. The highest BCUT2D eigenvalue weighted by molar-refractivity contribution is 5.29. The number of aliphatic hydroxyl groups is 1. The first-order chi connectivity index (χ1) is 8.36. The fourth-order valence-corrected chi connectivity index (χ4v) is 1.92. The second kappa shape index (κ2) is 9.06. The minimum Gasteiger partial charge on any atom is -0.392 e. The normalized spacial score (nSPS) is 14.9. The molecule has 0 aliphatic carbocycles. The van der Waals surface area contributed by atoms with E-state index >= 15 is 0 Å². The fraction of sp³-hybridized carbons (Fsp3) is 0.600. The van der Waals surface area contributed by atoms with Gasteiger partial charge in [0.15, 0.2) is 0 Å². The standard InChI is InChI=1S/C15H25NO/c1-2-3-4-5-6-7-8-15-10-9-14(13-17)11-12-16-15/h9-12,16-17H,2-8,13H2,1H3. The molecule has 96 valence electrons. The van der Waals surface area contributed by atoms with E-state index in [1.54, 1.807) is 0 Å². The molecule has 1 heterocycles. The van der Waals surface area contributed by atoms with Gasteiger partial charge >= 0.3 is 0 Å². The Morgan fingerprint density at radius 2 is 1.82 bits per heavy atom. The van der Waals surface area contributed by atoms with Gasteiger partial charge in [0.1, 0.15) is 0 Å². The topological polar surface area (TPSA) is 32.3 Å². The van der Waals surface area contributed by atoms with E-state index in [2.05, 4.69) is 18.3 Å². The van der Waals surface area contributed by atoms with Crippen LogP contribution in [0.2, 0.25) is 0 Å². The van der Waals surface area contributed by atoms with Gasteiger partial charge in [-0.3, -0.25) is 0 Å². The molecule has 0 spiro atoms. The van der Waals surface area contributed by atoms with Crippen molar-refractivity contribution in [2.75, 3.05) is 6.61 Å². The number of hydrogen-bond acceptors (Lipinski definition) is 2. The lowest BCUT2D eigenvalue weighted by Gasteiger charge is -2.05. The zero-order valence-corrected chi connectivity index (χ0v) is 10.9. The molecule has 1 rings (SSSR count). The van der Waals surface area contributed by atoms with E-state index in [4.69, 9.17) is 5.11 Å². The number of nitrogens with one attached hydrogen (secondary N) is 1. The molecule has 0 aromatic rings. The molecule has 0 amide bonds. The first-order valence-corrected chi connectivity index (χ1v) is 6.80. The van der Waals surface area contributed by atoms with Gasteiger partial charge in [-0.05, 0) is 30.6 Å². The molecule has 17 heavy (non-hydrogen) atoms. The third-order valence-corrected chi connectivity index (χ3v) is 3.05. The molecule has 1 aliphatic heterocycles. The monoisotopic (exact) mass is 235 g/mol. The van der Waals surface area contributed by atoms with E-state index in [0.717, 1.165) is 12.0 Å². The Morgan fingerprint density at radius 3 is 2.59 bits per heavy atom. The summed E-state index contributed by atoms with van der Waals surface area (Å²) in [7, 11) is 0. The number of allylic oxidation sites excluding steroid dienone is 3. The first kappa shape index (κ1) is 14.0. The van der Waals surface area contributed by atoms with Gasteiger partial charge in [-0.2, -0.15) is 0 Å². The first-order valence-electron chi connectivity index (χ1n) is 6.80. The molecule has 0 unspecified atom stereocenters. The molecular formula is C15H25NO. The number of rotatable bonds is 8. The van der Waals surface area contributed by atoms with Gasteiger partial charge in [-0.15, -0.1) is 0 Å². The highest BCUT2D eigenvalue weighted by Gasteiger charge is 1.98. The van der Waals surface area contributed by atoms with Crippen LogP contribution < -0.4 is 5.32 Å². The molecule has 2 nitrogen and oxygen atoms in total. The third-order valence-electron chi connectivity index (χ3n) is 3.05. The third kappa shape index (κ3) is 6.32. The Kier molecular flexibility index (Phi) is 7.48. The van der Waals surface area contributed by atoms with Crippen molar-refractivity contribution < 1.29 is 5.11 Å². The van der Waals surface area contributed by atoms with Crippen LogP contribution in [-0.4, -0.2) is 11.7 Å². The average molecular weight is 235 g/mol. The SMILES string of the molecule is CCCCCCCCC1=CC=C(CO)C=CN1. The van der Waals surface area contributed by atoms with Crippen LogP contribution in [0.15, 0.2) is 35.7 Å². The van der Waals surface area contributed by atoms with Crippen molar-refractivity contribution in [2.24, 2.45) is 0 Å². The lowest BCUT2D eigenvalue weighted by atomic mass is 10.1.